The second-order valence-corrected chi connectivity index (χ2v) is 4.18. The van der Waals surface area contributed by atoms with Crippen LogP contribution in [-0.4, -0.2) is 26.7 Å². The van der Waals surface area contributed by atoms with Gasteiger partial charge < -0.3 is 14.8 Å². The summed E-state index contributed by atoms with van der Waals surface area (Å²) >= 11 is 0. The molecule has 0 fully saturated rings. The molecule has 1 unspecified atom stereocenters. The Balaban J connectivity index is 2.87. The summed E-state index contributed by atoms with van der Waals surface area (Å²) in [6, 6.07) is 5.60. The highest BCUT2D eigenvalue weighted by Gasteiger charge is 2.13. The van der Waals surface area contributed by atoms with Crippen molar-refractivity contribution in [1.82, 2.24) is 5.32 Å². The Hall–Kier alpha value is -2.15. The van der Waals surface area contributed by atoms with Crippen LogP contribution in [0.25, 0.3) is 0 Å². The van der Waals surface area contributed by atoms with E-state index in [0.717, 1.165) is 5.56 Å². The van der Waals surface area contributed by atoms with Crippen molar-refractivity contribution >= 4 is 5.91 Å². The number of methoxy groups -OCH3 is 1. The molecule has 0 aliphatic heterocycles. The summed E-state index contributed by atoms with van der Waals surface area (Å²) in [6.45, 7) is 2.19. The van der Waals surface area contributed by atoms with Crippen molar-refractivity contribution < 1.29 is 14.3 Å². The largest absolute Gasteiger partial charge is 0.493 e. The number of rotatable bonds is 6. The van der Waals surface area contributed by atoms with Crippen LogP contribution >= 0.6 is 0 Å². The van der Waals surface area contributed by atoms with E-state index in [9.17, 15) is 4.79 Å². The van der Waals surface area contributed by atoms with Crippen LogP contribution < -0.4 is 14.8 Å². The van der Waals surface area contributed by atoms with Crippen LogP contribution in [0.4, 0.5) is 0 Å². The normalized spacial score (nSPS) is 11.3. The lowest BCUT2D eigenvalue weighted by atomic mass is 9.97. The molecule has 4 heteroatoms. The number of terminal acetylenes is 1. The first kappa shape index (κ1) is 14.9. The monoisotopic (exact) mass is 261 g/mol. The molecule has 1 N–H and O–H groups in total. The topological polar surface area (TPSA) is 47.6 Å². The molecular formula is C15H19NO3. The third-order valence-electron chi connectivity index (χ3n) is 2.84. The van der Waals surface area contributed by atoms with Crippen LogP contribution in [0.1, 0.15) is 24.8 Å². The molecule has 1 aromatic carbocycles. The third kappa shape index (κ3) is 4.22. The summed E-state index contributed by atoms with van der Waals surface area (Å²) in [7, 11) is 3.21. The third-order valence-corrected chi connectivity index (χ3v) is 2.84. The number of hydrogen-bond acceptors (Lipinski definition) is 3. The zero-order valence-corrected chi connectivity index (χ0v) is 11.5. The molecule has 1 amide bonds. The highest BCUT2D eigenvalue weighted by molar-refractivity contribution is 5.76. The number of benzene rings is 1. The van der Waals surface area contributed by atoms with Crippen LogP contribution in [0, 0.1) is 12.3 Å². The van der Waals surface area contributed by atoms with Crippen molar-refractivity contribution in [3.05, 3.63) is 23.8 Å². The molecule has 0 aliphatic rings. The van der Waals surface area contributed by atoms with E-state index in [4.69, 9.17) is 15.9 Å². The fourth-order valence-corrected chi connectivity index (χ4v) is 1.73. The average molecular weight is 261 g/mol. The minimum Gasteiger partial charge on any atom is -0.493 e. The van der Waals surface area contributed by atoms with Crippen LogP contribution in [0.2, 0.25) is 0 Å². The maximum absolute atomic E-state index is 11.4. The summed E-state index contributed by atoms with van der Waals surface area (Å²) < 4.78 is 10.6. The standard InChI is InChI=1S/C15H19NO3/c1-5-8-19-13-7-6-12(10-14(13)18-4)11(2)9-15(17)16-3/h1,6-7,10-11H,8-9H2,2-4H3,(H,16,17). The highest BCUT2D eigenvalue weighted by atomic mass is 16.5. The van der Waals surface area contributed by atoms with Gasteiger partial charge in [0.25, 0.3) is 0 Å². The van der Waals surface area contributed by atoms with Crippen LogP contribution in [0.5, 0.6) is 11.5 Å². The van der Waals surface area contributed by atoms with E-state index in [1.807, 2.05) is 25.1 Å². The number of carbonyl (C=O) groups excluding carboxylic acids is 1. The molecule has 1 aromatic rings. The Kier molecular flexibility index (Phi) is 5.74. The lowest BCUT2D eigenvalue weighted by molar-refractivity contribution is -0.120. The predicted octanol–water partition coefficient (Wildman–Crippen LogP) is 1.95. The van der Waals surface area contributed by atoms with Crippen molar-refractivity contribution in [3.8, 4) is 23.8 Å². The Labute approximate surface area is 114 Å². The van der Waals surface area contributed by atoms with Crippen molar-refractivity contribution in [1.29, 1.82) is 0 Å². The van der Waals surface area contributed by atoms with Crippen LogP contribution in [-0.2, 0) is 4.79 Å². The quantitative estimate of drug-likeness (QED) is 0.796. The summed E-state index contributed by atoms with van der Waals surface area (Å²) in [5, 5.41) is 2.62. The number of nitrogens with one attached hydrogen (secondary N) is 1. The van der Waals surface area contributed by atoms with Gasteiger partial charge in [-0.1, -0.05) is 18.9 Å². The molecule has 4 nitrogen and oxygen atoms in total. The Morgan fingerprint density at radius 1 is 1.47 bits per heavy atom. The molecule has 0 saturated heterocycles. The molecule has 1 atom stereocenters. The predicted molar refractivity (Wildman–Crippen MR) is 74.4 cm³/mol. The second-order valence-electron chi connectivity index (χ2n) is 4.18. The van der Waals surface area contributed by atoms with Gasteiger partial charge in [-0.3, -0.25) is 4.79 Å². The zero-order valence-electron chi connectivity index (χ0n) is 11.5. The fourth-order valence-electron chi connectivity index (χ4n) is 1.73. The average Bonchev–Trinajstić information content (AvgIpc) is 2.44. The number of ether oxygens (including phenoxy) is 2. The summed E-state index contributed by atoms with van der Waals surface area (Å²) in [4.78, 5) is 11.4. The van der Waals surface area contributed by atoms with Crippen molar-refractivity contribution in [2.24, 2.45) is 0 Å². The Morgan fingerprint density at radius 2 is 2.21 bits per heavy atom. The van der Waals surface area contributed by atoms with Crippen molar-refractivity contribution in [2.45, 2.75) is 19.3 Å². The van der Waals surface area contributed by atoms with E-state index in [1.165, 1.54) is 0 Å². The van der Waals surface area contributed by atoms with Gasteiger partial charge in [-0.05, 0) is 23.6 Å². The molecule has 0 spiro atoms. The molecule has 1 rings (SSSR count). The summed E-state index contributed by atoms with van der Waals surface area (Å²) in [5.41, 5.74) is 1.02. The molecule has 0 aromatic heterocycles. The smallest absolute Gasteiger partial charge is 0.220 e. The van der Waals surface area contributed by atoms with Crippen LogP contribution in [0.3, 0.4) is 0 Å². The lowest BCUT2D eigenvalue weighted by Crippen LogP contribution is -2.19. The first-order valence-electron chi connectivity index (χ1n) is 6.07. The van der Waals surface area contributed by atoms with Gasteiger partial charge in [-0.25, -0.2) is 0 Å². The summed E-state index contributed by atoms with van der Waals surface area (Å²) in [6.07, 6.45) is 5.59. The molecule has 0 bridgehead atoms. The molecule has 0 saturated carbocycles. The van der Waals surface area contributed by atoms with E-state index in [1.54, 1.807) is 14.2 Å². The van der Waals surface area contributed by atoms with Crippen molar-refractivity contribution in [3.63, 3.8) is 0 Å². The van der Waals surface area contributed by atoms with Gasteiger partial charge in [0.15, 0.2) is 11.5 Å². The van der Waals surface area contributed by atoms with Gasteiger partial charge in [0.05, 0.1) is 7.11 Å². The molecule has 0 radical (unpaired) electrons. The van der Waals surface area contributed by atoms with Gasteiger partial charge in [0, 0.05) is 13.5 Å². The minimum atomic E-state index is 0.0131. The Morgan fingerprint density at radius 3 is 2.79 bits per heavy atom. The van der Waals surface area contributed by atoms with Crippen LogP contribution in [0.15, 0.2) is 18.2 Å². The Bertz CT molecular complexity index is 477. The first-order valence-corrected chi connectivity index (χ1v) is 6.07. The lowest BCUT2D eigenvalue weighted by Gasteiger charge is -2.14. The number of carbonyl (C=O) groups is 1. The fraction of sp³-hybridized carbons (Fsp3) is 0.400. The van der Waals surface area contributed by atoms with E-state index < -0.39 is 0 Å². The maximum Gasteiger partial charge on any atom is 0.220 e. The van der Waals surface area contributed by atoms with Gasteiger partial charge in [-0.15, -0.1) is 6.42 Å². The van der Waals surface area contributed by atoms with E-state index in [0.29, 0.717) is 17.9 Å². The molecular weight excluding hydrogens is 242 g/mol. The highest BCUT2D eigenvalue weighted by Crippen LogP contribution is 2.31. The first-order chi connectivity index (χ1) is 9.12. The molecule has 0 heterocycles. The zero-order chi connectivity index (χ0) is 14.3. The molecule has 19 heavy (non-hydrogen) atoms. The summed E-state index contributed by atoms with van der Waals surface area (Å²) in [5.74, 6) is 3.76. The number of amides is 1. The molecule has 102 valence electrons. The van der Waals surface area contributed by atoms with Crippen molar-refractivity contribution in [2.75, 3.05) is 20.8 Å². The van der Waals surface area contributed by atoms with Gasteiger partial charge in [-0.2, -0.15) is 0 Å². The van der Waals surface area contributed by atoms with E-state index in [2.05, 4.69) is 11.2 Å². The second kappa shape index (κ2) is 7.32. The van der Waals surface area contributed by atoms with Gasteiger partial charge >= 0.3 is 0 Å². The number of hydrogen-bond donors (Lipinski definition) is 1. The van der Waals surface area contributed by atoms with Gasteiger partial charge in [0.2, 0.25) is 5.91 Å². The minimum absolute atomic E-state index is 0.0131. The maximum atomic E-state index is 11.4. The molecule has 0 aliphatic carbocycles. The van der Waals surface area contributed by atoms with E-state index >= 15 is 0 Å². The van der Waals surface area contributed by atoms with E-state index in [-0.39, 0.29) is 18.4 Å². The van der Waals surface area contributed by atoms with Gasteiger partial charge in [0.1, 0.15) is 6.61 Å². The SMILES string of the molecule is C#CCOc1ccc(C(C)CC(=O)NC)cc1OC.